The highest BCUT2D eigenvalue weighted by atomic mass is 19.4. The number of carbonyl (C=O) groups excluding carboxylic acids is 1. The molecule has 8 atom stereocenters. The lowest BCUT2D eigenvalue weighted by atomic mass is 9.69. The third kappa shape index (κ3) is 3.42. The number of piperazine rings is 1. The van der Waals surface area contributed by atoms with E-state index < -0.39 is 28.8 Å². The predicted octanol–water partition coefficient (Wildman–Crippen LogP) is 1.96. The van der Waals surface area contributed by atoms with Crippen LogP contribution in [0.3, 0.4) is 0 Å². The summed E-state index contributed by atoms with van der Waals surface area (Å²) in [6.45, 7) is 3.36. The van der Waals surface area contributed by atoms with E-state index in [4.69, 9.17) is 9.47 Å². The van der Waals surface area contributed by atoms with Gasteiger partial charge in [-0.1, -0.05) is 0 Å². The first-order valence-electron chi connectivity index (χ1n) is 12.8. The number of hydrogen-bond acceptors (Lipinski definition) is 7. The third-order valence-electron chi connectivity index (χ3n) is 9.51. The molecule has 1 aromatic heterocycles. The molecule has 5 aliphatic rings. The van der Waals surface area contributed by atoms with Crippen LogP contribution in [0, 0.1) is 5.41 Å². The molecule has 11 heteroatoms. The molecule has 5 heterocycles. The van der Waals surface area contributed by atoms with Crippen molar-refractivity contribution in [2.24, 2.45) is 5.41 Å². The van der Waals surface area contributed by atoms with E-state index in [0.717, 1.165) is 25.0 Å². The van der Waals surface area contributed by atoms with Gasteiger partial charge in [0.2, 0.25) is 5.91 Å². The van der Waals surface area contributed by atoms with Crippen LogP contribution in [-0.2, 0) is 20.4 Å². The highest BCUT2D eigenvalue weighted by molar-refractivity contribution is 5.90. The normalized spacial score (nSPS) is 42.1. The Kier molecular flexibility index (Phi) is 5.61. The van der Waals surface area contributed by atoms with E-state index in [1.165, 1.54) is 6.20 Å². The lowest BCUT2D eigenvalue weighted by Gasteiger charge is -2.43. The van der Waals surface area contributed by atoms with Crippen LogP contribution in [0.4, 0.5) is 19.0 Å². The number of hydrogen-bond donors (Lipinski definition) is 2. The minimum Gasteiger partial charge on any atom is -0.387 e. The molecule has 4 aliphatic heterocycles. The van der Waals surface area contributed by atoms with Crippen LogP contribution in [0.15, 0.2) is 18.3 Å². The van der Waals surface area contributed by atoms with Crippen LogP contribution >= 0.6 is 0 Å². The fourth-order valence-electron chi connectivity index (χ4n) is 7.74. The summed E-state index contributed by atoms with van der Waals surface area (Å²) < 4.78 is 51.1. The number of pyridine rings is 1. The highest BCUT2D eigenvalue weighted by Crippen LogP contribution is 2.60. The van der Waals surface area contributed by atoms with Crippen molar-refractivity contribution in [2.75, 3.05) is 31.8 Å². The first-order chi connectivity index (χ1) is 17.1. The van der Waals surface area contributed by atoms with E-state index in [2.05, 4.69) is 10.3 Å². The molecule has 5 fully saturated rings. The molecule has 4 saturated heterocycles. The molecule has 0 aromatic carbocycles. The first-order valence-corrected chi connectivity index (χ1v) is 12.8. The zero-order chi connectivity index (χ0) is 25.5. The number of amides is 1. The van der Waals surface area contributed by atoms with Crippen LogP contribution in [0.1, 0.15) is 44.6 Å². The molecule has 1 amide bonds. The lowest BCUT2D eigenvalue weighted by Crippen LogP contribution is -2.59. The van der Waals surface area contributed by atoms with E-state index in [0.29, 0.717) is 39.0 Å². The molecule has 8 nitrogen and oxygen atoms in total. The fraction of sp³-hybridized carbons (Fsp3) is 0.760. The summed E-state index contributed by atoms with van der Waals surface area (Å²) in [7, 11) is 1.67. The van der Waals surface area contributed by atoms with Gasteiger partial charge in [0.1, 0.15) is 5.82 Å². The Balaban J connectivity index is 1.24. The van der Waals surface area contributed by atoms with Crippen molar-refractivity contribution >= 4 is 11.7 Å². The van der Waals surface area contributed by atoms with Crippen LogP contribution < -0.4 is 10.2 Å². The van der Waals surface area contributed by atoms with Crippen LogP contribution in [-0.4, -0.2) is 89.7 Å². The molecule has 1 aromatic rings. The summed E-state index contributed by atoms with van der Waals surface area (Å²) in [5.74, 6) is 0.235. The van der Waals surface area contributed by atoms with Crippen molar-refractivity contribution in [3.05, 3.63) is 23.9 Å². The number of anilines is 1. The van der Waals surface area contributed by atoms with Crippen molar-refractivity contribution in [3.63, 3.8) is 0 Å². The van der Waals surface area contributed by atoms with Crippen molar-refractivity contribution in [3.8, 4) is 0 Å². The van der Waals surface area contributed by atoms with E-state index >= 15 is 0 Å². The van der Waals surface area contributed by atoms with Crippen LogP contribution in [0.25, 0.3) is 0 Å². The van der Waals surface area contributed by atoms with Gasteiger partial charge in [0.15, 0.2) is 0 Å². The fourth-order valence-corrected chi connectivity index (χ4v) is 7.74. The van der Waals surface area contributed by atoms with Crippen molar-refractivity contribution in [1.82, 2.24) is 15.2 Å². The monoisotopic (exact) mass is 510 g/mol. The second-order valence-electron chi connectivity index (χ2n) is 11.2. The Labute approximate surface area is 208 Å². The summed E-state index contributed by atoms with van der Waals surface area (Å²) in [6, 6.07) is 1.34. The number of rotatable bonds is 4. The number of alkyl halides is 3. The molecule has 36 heavy (non-hydrogen) atoms. The number of nitrogens with one attached hydrogen (secondary N) is 1. The van der Waals surface area contributed by atoms with Gasteiger partial charge in [0.25, 0.3) is 0 Å². The molecular formula is C25H33F3N4O4. The number of carbonyl (C=O) groups is 1. The summed E-state index contributed by atoms with van der Waals surface area (Å²) in [5.41, 5.74) is -2.96. The van der Waals surface area contributed by atoms with Crippen LogP contribution in [0.2, 0.25) is 0 Å². The quantitative estimate of drug-likeness (QED) is 0.641. The highest BCUT2D eigenvalue weighted by Gasteiger charge is 2.74. The average molecular weight is 511 g/mol. The molecule has 1 spiro atoms. The number of fused-ring (bicyclic) bond motifs is 5. The van der Waals surface area contributed by atoms with Gasteiger partial charge < -0.3 is 29.7 Å². The van der Waals surface area contributed by atoms with Gasteiger partial charge in [-0.15, -0.1) is 0 Å². The molecule has 2 unspecified atom stereocenters. The standard InChI is InChI=1S/C25H33F3N4O4/c1-23(34)21-18-10-16(12-31(18)20-9-14(4-7-29-20)25(26,27)28)32(21)22(33)24(23)6-3-15(11-24)30-17-5-8-36-13-19(17)35-2/h4,7,9,15-19,21,30,34H,3,5-6,8,10-13H2,1-2H3/t15-,16+,17+,18+,19-,21?,23?,24-/m1/s1. The maximum Gasteiger partial charge on any atom is 0.416 e. The number of methoxy groups -OCH3 is 1. The molecule has 2 N–H and O–H groups in total. The maximum atomic E-state index is 13.9. The summed E-state index contributed by atoms with van der Waals surface area (Å²) in [6.07, 6.45) is -0.0128. The Bertz CT molecular complexity index is 1040. The van der Waals surface area contributed by atoms with Gasteiger partial charge in [0, 0.05) is 38.5 Å². The second-order valence-corrected chi connectivity index (χ2v) is 11.2. The van der Waals surface area contributed by atoms with E-state index in [1.54, 1.807) is 14.0 Å². The molecular weight excluding hydrogens is 477 g/mol. The maximum absolute atomic E-state index is 13.9. The van der Waals surface area contributed by atoms with Crippen molar-refractivity contribution in [2.45, 2.75) is 87.1 Å². The van der Waals surface area contributed by atoms with Crippen molar-refractivity contribution < 1.29 is 32.5 Å². The second kappa shape index (κ2) is 8.28. The predicted molar refractivity (Wildman–Crippen MR) is 123 cm³/mol. The molecule has 1 saturated carbocycles. The molecule has 6 rings (SSSR count). The van der Waals surface area contributed by atoms with E-state index in [1.807, 2.05) is 9.80 Å². The van der Waals surface area contributed by atoms with Gasteiger partial charge in [-0.25, -0.2) is 4.98 Å². The van der Waals surface area contributed by atoms with E-state index in [9.17, 15) is 23.1 Å². The van der Waals surface area contributed by atoms with Gasteiger partial charge in [-0.2, -0.15) is 13.2 Å². The van der Waals surface area contributed by atoms with Crippen molar-refractivity contribution in [1.29, 1.82) is 0 Å². The van der Waals surface area contributed by atoms with Gasteiger partial charge >= 0.3 is 6.18 Å². The van der Waals surface area contributed by atoms with Gasteiger partial charge in [-0.05, 0) is 51.2 Å². The average Bonchev–Trinajstić information content (AvgIpc) is 3.60. The van der Waals surface area contributed by atoms with Crippen LogP contribution in [0.5, 0.6) is 0 Å². The zero-order valence-corrected chi connectivity index (χ0v) is 20.5. The first kappa shape index (κ1) is 24.4. The molecule has 1 aliphatic carbocycles. The zero-order valence-electron chi connectivity index (χ0n) is 20.5. The molecule has 198 valence electrons. The Morgan fingerprint density at radius 2 is 2.14 bits per heavy atom. The smallest absolute Gasteiger partial charge is 0.387 e. The number of nitrogens with zero attached hydrogens (tertiary/aromatic N) is 3. The summed E-state index contributed by atoms with van der Waals surface area (Å²) in [4.78, 5) is 21.8. The summed E-state index contributed by atoms with van der Waals surface area (Å²) >= 11 is 0. The number of aliphatic hydroxyl groups is 1. The Morgan fingerprint density at radius 1 is 1.33 bits per heavy atom. The minimum atomic E-state index is -4.46. The largest absolute Gasteiger partial charge is 0.416 e. The van der Waals surface area contributed by atoms with E-state index in [-0.39, 0.29) is 42.0 Å². The van der Waals surface area contributed by atoms with Gasteiger partial charge in [-0.3, -0.25) is 4.79 Å². The third-order valence-corrected chi connectivity index (χ3v) is 9.51. The number of halogens is 3. The topological polar surface area (TPSA) is 87.2 Å². The Morgan fingerprint density at radius 3 is 2.89 bits per heavy atom. The number of ether oxygens (including phenoxy) is 2. The Hall–Kier alpha value is -1.95. The molecule has 2 bridgehead atoms. The summed E-state index contributed by atoms with van der Waals surface area (Å²) in [5, 5.41) is 15.7. The number of aromatic nitrogens is 1. The SMILES string of the molecule is CO[C@@H]1COCC[C@@H]1N[C@@H]1CC[C@@]2(C1)C(=O)N1C([C@@H]3C[C@H]1CN3c1cc(C(F)(F)F)ccn1)C2(C)O. The minimum absolute atomic E-state index is 0.0128. The lowest BCUT2D eigenvalue weighted by molar-refractivity contribution is -0.142. The molecule has 0 radical (unpaired) electrons. The van der Waals surface area contributed by atoms with Gasteiger partial charge in [0.05, 0.1) is 47.4 Å².